The number of hydrogen-bond acceptors (Lipinski definition) is 5. The number of rotatable bonds is 6. The SMILES string of the molecule is Cc1cnc2c(S(=O)(=O)N3CCN(CCOc4ccccc4Cl)CC3)cccc2c1. The lowest BCUT2D eigenvalue weighted by atomic mass is 10.2. The highest BCUT2D eigenvalue weighted by atomic mass is 35.5. The number of aryl methyl sites for hydroxylation is 1. The van der Waals surface area contributed by atoms with Gasteiger partial charge < -0.3 is 4.74 Å². The molecule has 8 heteroatoms. The molecular weight excluding hydrogens is 422 g/mol. The van der Waals surface area contributed by atoms with Gasteiger partial charge in [-0.1, -0.05) is 35.9 Å². The normalized spacial score (nSPS) is 16.1. The van der Waals surface area contributed by atoms with E-state index in [-0.39, 0.29) is 4.90 Å². The van der Waals surface area contributed by atoms with Crippen molar-refractivity contribution >= 4 is 32.5 Å². The summed E-state index contributed by atoms with van der Waals surface area (Å²) in [4.78, 5) is 6.87. The average Bonchev–Trinajstić information content (AvgIpc) is 2.75. The summed E-state index contributed by atoms with van der Waals surface area (Å²) in [6.45, 7) is 5.36. The Morgan fingerprint density at radius 1 is 1.07 bits per heavy atom. The van der Waals surface area contributed by atoms with Gasteiger partial charge in [0.05, 0.1) is 10.5 Å². The molecule has 0 spiro atoms. The number of aromatic nitrogens is 1. The van der Waals surface area contributed by atoms with Crippen molar-refractivity contribution in [2.45, 2.75) is 11.8 Å². The van der Waals surface area contributed by atoms with Crippen LogP contribution < -0.4 is 4.74 Å². The van der Waals surface area contributed by atoms with E-state index < -0.39 is 10.0 Å². The minimum atomic E-state index is -3.60. The molecule has 158 valence electrons. The van der Waals surface area contributed by atoms with Gasteiger partial charge in [-0.2, -0.15) is 4.31 Å². The van der Waals surface area contributed by atoms with Crippen LogP contribution in [-0.4, -0.2) is 61.9 Å². The molecule has 1 fully saturated rings. The van der Waals surface area contributed by atoms with Crippen LogP contribution in [-0.2, 0) is 10.0 Å². The van der Waals surface area contributed by atoms with E-state index in [2.05, 4.69) is 9.88 Å². The van der Waals surface area contributed by atoms with Crippen LogP contribution in [0.2, 0.25) is 5.02 Å². The van der Waals surface area contributed by atoms with E-state index in [1.165, 1.54) is 0 Å². The Kier molecular flexibility index (Phi) is 6.24. The molecule has 1 aliphatic rings. The summed E-state index contributed by atoms with van der Waals surface area (Å²) in [7, 11) is -3.60. The summed E-state index contributed by atoms with van der Waals surface area (Å²) in [5.74, 6) is 0.666. The lowest BCUT2D eigenvalue weighted by molar-refractivity contribution is 0.159. The molecule has 0 atom stereocenters. The third kappa shape index (κ3) is 4.44. The number of fused-ring (bicyclic) bond motifs is 1. The van der Waals surface area contributed by atoms with Gasteiger partial charge in [-0.15, -0.1) is 0 Å². The van der Waals surface area contributed by atoms with Crippen LogP contribution in [0.5, 0.6) is 5.75 Å². The Balaban J connectivity index is 1.38. The highest BCUT2D eigenvalue weighted by molar-refractivity contribution is 7.89. The van der Waals surface area contributed by atoms with E-state index in [9.17, 15) is 8.42 Å². The summed E-state index contributed by atoms with van der Waals surface area (Å²) in [6.07, 6.45) is 1.71. The van der Waals surface area contributed by atoms with Crippen molar-refractivity contribution in [3.05, 3.63) is 65.3 Å². The molecule has 1 saturated heterocycles. The first kappa shape index (κ1) is 21.1. The molecule has 0 unspecified atom stereocenters. The van der Waals surface area contributed by atoms with Crippen LogP contribution in [0.4, 0.5) is 0 Å². The topological polar surface area (TPSA) is 62.7 Å². The summed E-state index contributed by atoms with van der Waals surface area (Å²) in [6, 6.07) is 14.7. The van der Waals surface area contributed by atoms with E-state index in [1.54, 1.807) is 28.7 Å². The molecule has 0 aliphatic carbocycles. The van der Waals surface area contributed by atoms with Gasteiger partial charge in [0.25, 0.3) is 0 Å². The molecule has 2 heterocycles. The number of sulfonamides is 1. The van der Waals surface area contributed by atoms with Gasteiger partial charge in [-0.05, 0) is 36.8 Å². The van der Waals surface area contributed by atoms with Gasteiger partial charge in [0.2, 0.25) is 10.0 Å². The van der Waals surface area contributed by atoms with Gasteiger partial charge in [-0.3, -0.25) is 9.88 Å². The maximum Gasteiger partial charge on any atom is 0.245 e. The predicted molar refractivity (Wildman–Crippen MR) is 119 cm³/mol. The number of piperazine rings is 1. The Morgan fingerprint density at radius 2 is 1.83 bits per heavy atom. The molecule has 3 aromatic rings. The number of pyridine rings is 1. The quantitative estimate of drug-likeness (QED) is 0.580. The first-order chi connectivity index (χ1) is 14.4. The maximum absolute atomic E-state index is 13.3. The average molecular weight is 446 g/mol. The maximum atomic E-state index is 13.3. The Bertz CT molecular complexity index is 1150. The fourth-order valence-corrected chi connectivity index (χ4v) is 5.41. The summed E-state index contributed by atoms with van der Waals surface area (Å²) < 4.78 is 33.8. The fraction of sp³-hybridized carbons (Fsp3) is 0.318. The molecule has 30 heavy (non-hydrogen) atoms. The second kappa shape index (κ2) is 8.89. The predicted octanol–water partition coefficient (Wildman–Crippen LogP) is 3.58. The molecule has 4 rings (SSSR count). The third-order valence-corrected chi connectivity index (χ3v) is 7.50. The number of nitrogens with zero attached hydrogens (tertiary/aromatic N) is 3. The summed E-state index contributed by atoms with van der Waals surface area (Å²) >= 11 is 6.11. The molecule has 0 N–H and O–H groups in total. The molecule has 0 saturated carbocycles. The highest BCUT2D eigenvalue weighted by Crippen LogP contribution is 2.26. The molecule has 0 amide bonds. The van der Waals surface area contributed by atoms with Gasteiger partial charge in [0.15, 0.2) is 0 Å². The molecule has 0 bridgehead atoms. The minimum absolute atomic E-state index is 0.274. The molecule has 0 radical (unpaired) electrons. The summed E-state index contributed by atoms with van der Waals surface area (Å²) in [5, 5.41) is 1.43. The number of benzene rings is 2. The number of ether oxygens (including phenoxy) is 1. The van der Waals surface area contributed by atoms with Crippen LogP contribution in [0.15, 0.2) is 59.6 Å². The number of para-hydroxylation sites is 2. The number of hydrogen-bond donors (Lipinski definition) is 0. The molecule has 1 aliphatic heterocycles. The Morgan fingerprint density at radius 3 is 2.60 bits per heavy atom. The highest BCUT2D eigenvalue weighted by Gasteiger charge is 2.30. The molecule has 6 nitrogen and oxygen atoms in total. The first-order valence-electron chi connectivity index (χ1n) is 9.90. The van der Waals surface area contributed by atoms with Crippen molar-refractivity contribution < 1.29 is 13.2 Å². The van der Waals surface area contributed by atoms with E-state index in [1.807, 2.05) is 37.3 Å². The smallest absolute Gasteiger partial charge is 0.245 e. The van der Waals surface area contributed by atoms with Crippen molar-refractivity contribution in [1.29, 1.82) is 0 Å². The van der Waals surface area contributed by atoms with Crippen molar-refractivity contribution in [2.75, 3.05) is 39.3 Å². The van der Waals surface area contributed by atoms with Crippen molar-refractivity contribution in [1.82, 2.24) is 14.2 Å². The third-order valence-electron chi connectivity index (χ3n) is 5.26. The van der Waals surface area contributed by atoms with Gasteiger partial charge in [0, 0.05) is 44.3 Å². The van der Waals surface area contributed by atoms with E-state index >= 15 is 0 Å². The zero-order valence-corrected chi connectivity index (χ0v) is 18.4. The fourth-order valence-electron chi connectivity index (χ4n) is 3.63. The molecular formula is C22H24ClN3O3S. The minimum Gasteiger partial charge on any atom is -0.491 e. The molecule has 2 aromatic carbocycles. The second-order valence-electron chi connectivity index (χ2n) is 7.37. The van der Waals surface area contributed by atoms with Crippen LogP contribution >= 0.6 is 11.6 Å². The monoisotopic (exact) mass is 445 g/mol. The van der Waals surface area contributed by atoms with Gasteiger partial charge >= 0.3 is 0 Å². The van der Waals surface area contributed by atoms with Crippen LogP contribution in [0, 0.1) is 6.92 Å². The zero-order chi connectivity index (χ0) is 21.1. The van der Waals surface area contributed by atoms with Crippen molar-refractivity contribution in [3.8, 4) is 5.75 Å². The van der Waals surface area contributed by atoms with E-state index in [0.717, 1.165) is 10.9 Å². The van der Waals surface area contributed by atoms with Crippen molar-refractivity contribution in [3.63, 3.8) is 0 Å². The Labute approximate surface area is 182 Å². The van der Waals surface area contributed by atoms with Crippen LogP contribution in [0.25, 0.3) is 10.9 Å². The largest absolute Gasteiger partial charge is 0.491 e. The standard InChI is InChI=1S/C22H24ClN3O3S/c1-17-15-18-5-4-8-21(22(18)24-16-17)30(27,28)26-11-9-25(10-12-26)13-14-29-20-7-3-2-6-19(20)23/h2-8,15-16H,9-14H2,1H3. The van der Waals surface area contributed by atoms with Crippen LogP contribution in [0.1, 0.15) is 5.56 Å². The van der Waals surface area contributed by atoms with Crippen LogP contribution in [0.3, 0.4) is 0 Å². The van der Waals surface area contributed by atoms with Crippen molar-refractivity contribution in [2.24, 2.45) is 0 Å². The first-order valence-corrected chi connectivity index (χ1v) is 11.7. The second-order valence-corrected chi connectivity index (χ2v) is 9.68. The van der Waals surface area contributed by atoms with Gasteiger partial charge in [0.1, 0.15) is 17.3 Å². The lowest BCUT2D eigenvalue weighted by Gasteiger charge is -2.34. The lowest BCUT2D eigenvalue weighted by Crippen LogP contribution is -2.49. The Hall–Kier alpha value is -2.19. The zero-order valence-electron chi connectivity index (χ0n) is 16.8. The molecule has 1 aromatic heterocycles. The van der Waals surface area contributed by atoms with Gasteiger partial charge in [-0.25, -0.2) is 8.42 Å². The summed E-state index contributed by atoms with van der Waals surface area (Å²) in [5.41, 5.74) is 1.53. The number of halogens is 1. The van der Waals surface area contributed by atoms with E-state index in [4.69, 9.17) is 16.3 Å². The van der Waals surface area contributed by atoms with E-state index in [0.29, 0.717) is 55.6 Å².